The Balaban J connectivity index is 1.90. The van der Waals surface area contributed by atoms with Crippen molar-refractivity contribution in [2.75, 3.05) is 11.4 Å². The van der Waals surface area contributed by atoms with Crippen LogP contribution >= 0.6 is 11.3 Å². The first-order chi connectivity index (χ1) is 9.49. The van der Waals surface area contributed by atoms with E-state index in [1.54, 1.807) is 11.3 Å². The summed E-state index contributed by atoms with van der Waals surface area (Å²) in [4.78, 5) is 12.4. The Morgan fingerprint density at radius 3 is 2.80 bits per heavy atom. The van der Waals surface area contributed by atoms with Gasteiger partial charge in [-0.25, -0.2) is 9.97 Å². The Morgan fingerprint density at radius 1 is 1.35 bits per heavy atom. The number of rotatable bonds is 2. The number of aliphatic hydroxyl groups excluding tert-OH is 1. The third-order valence-corrected chi connectivity index (χ3v) is 4.66. The van der Waals surface area contributed by atoms with Crippen LogP contribution in [0.5, 0.6) is 0 Å². The third kappa shape index (κ3) is 2.33. The first-order valence-electron chi connectivity index (χ1n) is 6.85. The van der Waals surface area contributed by atoms with Crippen molar-refractivity contribution in [2.45, 2.75) is 45.9 Å². The minimum Gasteiger partial charge on any atom is -0.391 e. The van der Waals surface area contributed by atoms with E-state index in [1.165, 1.54) is 0 Å². The van der Waals surface area contributed by atoms with Crippen LogP contribution in [0.25, 0.3) is 0 Å². The lowest BCUT2D eigenvalue weighted by molar-refractivity contribution is 0.282. The maximum Gasteiger partial charge on any atom is 0.186 e. The van der Waals surface area contributed by atoms with Gasteiger partial charge in [0.2, 0.25) is 0 Å². The van der Waals surface area contributed by atoms with Gasteiger partial charge in [-0.3, -0.25) is 0 Å². The molecule has 5 nitrogen and oxygen atoms in total. The summed E-state index contributed by atoms with van der Waals surface area (Å²) in [5, 5.41) is 10.5. The predicted octanol–water partition coefficient (Wildman–Crippen LogP) is 2.15. The van der Waals surface area contributed by atoms with Crippen LogP contribution in [0.1, 0.15) is 37.2 Å². The van der Waals surface area contributed by atoms with E-state index in [0.29, 0.717) is 0 Å². The third-order valence-electron chi connectivity index (χ3n) is 3.56. The Hall–Kier alpha value is -1.40. The number of fused-ring (bicyclic) bond motifs is 1. The van der Waals surface area contributed by atoms with Crippen LogP contribution in [0.4, 0.5) is 5.13 Å². The molecular formula is C14H20N4OS. The van der Waals surface area contributed by atoms with Gasteiger partial charge in [-0.05, 0) is 0 Å². The molecule has 1 aliphatic heterocycles. The first kappa shape index (κ1) is 13.6. The van der Waals surface area contributed by atoms with Crippen molar-refractivity contribution in [3.63, 3.8) is 0 Å². The number of anilines is 1. The predicted molar refractivity (Wildman–Crippen MR) is 80.0 cm³/mol. The summed E-state index contributed by atoms with van der Waals surface area (Å²) in [5.74, 6) is 1.08. The normalized spacial score (nSPS) is 15.5. The minimum atomic E-state index is -0.0406. The van der Waals surface area contributed by atoms with Crippen LogP contribution in [-0.2, 0) is 25.1 Å². The Bertz CT molecular complexity index is 611. The summed E-state index contributed by atoms with van der Waals surface area (Å²) in [6, 6.07) is 0. The van der Waals surface area contributed by atoms with Gasteiger partial charge in [0.1, 0.15) is 5.82 Å². The quantitative estimate of drug-likeness (QED) is 0.921. The Labute approximate surface area is 122 Å². The molecule has 3 heterocycles. The zero-order valence-electron chi connectivity index (χ0n) is 12.1. The molecular weight excluding hydrogens is 272 g/mol. The molecule has 0 fully saturated rings. The summed E-state index contributed by atoms with van der Waals surface area (Å²) in [7, 11) is 0. The first-order valence-corrected chi connectivity index (χ1v) is 7.66. The second-order valence-corrected chi connectivity index (χ2v) is 7.20. The molecule has 0 amide bonds. The number of thiazole rings is 1. The molecule has 0 aliphatic carbocycles. The molecule has 6 heteroatoms. The molecule has 0 bridgehead atoms. The van der Waals surface area contributed by atoms with Crippen molar-refractivity contribution in [3.05, 3.63) is 28.8 Å². The molecule has 1 N–H and O–H groups in total. The molecule has 0 saturated heterocycles. The van der Waals surface area contributed by atoms with Crippen molar-refractivity contribution >= 4 is 16.5 Å². The van der Waals surface area contributed by atoms with Crippen molar-refractivity contribution < 1.29 is 5.11 Å². The van der Waals surface area contributed by atoms with Gasteiger partial charge >= 0.3 is 0 Å². The van der Waals surface area contributed by atoms with Crippen molar-refractivity contribution in [1.82, 2.24) is 14.5 Å². The van der Waals surface area contributed by atoms with Gasteiger partial charge in [0.05, 0.1) is 23.7 Å². The van der Waals surface area contributed by atoms with Gasteiger partial charge in [-0.1, -0.05) is 32.1 Å². The van der Waals surface area contributed by atoms with E-state index in [2.05, 4.69) is 35.2 Å². The average molecular weight is 292 g/mol. The van der Waals surface area contributed by atoms with E-state index < -0.39 is 0 Å². The number of aliphatic hydroxyl groups is 1. The van der Waals surface area contributed by atoms with Gasteiger partial charge in [0.15, 0.2) is 5.13 Å². The monoisotopic (exact) mass is 292 g/mol. The number of imidazole rings is 1. The van der Waals surface area contributed by atoms with Crippen LogP contribution < -0.4 is 4.90 Å². The zero-order valence-corrected chi connectivity index (χ0v) is 12.9. The lowest BCUT2D eigenvalue weighted by Crippen LogP contribution is -2.33. The van der Waals surface area contributed by atoms with Gasteiger partial charge in [0.25, 0.3) is 0 Å². The van der Waals surface area contributed by atoms with E-state index in [4.69, 9.17) is 4.98 Å². The highest BCUT2D eigenvalue weighted by molar-refractivity contribution is 7.15. The number of hydrogen-bond acceptors (Lipinski definition) is 5. The summed E-state index contributed by atoms with van der Waals surface area (Å²) >= 11 is 1.60. The van der Waals surface area contributed by atoms with E-state index in [0.717, 1.165) is 41.2 Å². The highest BCUT2D eigenvalue weighted by atomic mass is 32.1. The Morgan fingerprint density at radius 2 is 2.15 bits per heavy atom. The maximum absolute atomic E-state index is 9.55. The molecule has 0 radical (unpaired) electrons. The number of aromatic nitrogens is 3. The SMILES string of the molecule is CC(C)(C)c1nc(N2CCn3ccnc3C2)sc1CO. The van der Waals surface area contributed by atoms with Gasteiger partial charge in [0, 0.05) is 30.9 Å². The molecule has 108 valence electrons. The van der Waals surface area contributed by atoms with Crippen LogP contribution in [0.2, 0.25) is 0 Å². The maximum atomic E-state index is 9.55. The van der Waals surface area contributed by atoms with Crippen LogP contribution in [-0.4, -0.2) is 26.2 Å². The van der Waals surface area contributed by atoms with Gasteiger partial charge in [-0.2, -0.15) is 0 Å². The smallest absolute Gasteiger partial charge is 0.186 e. The standard InChI is InChI=1S/C14H20N4OS/c1-14(2,3)12-10(9-19)20-13(16-12)18-7-6-17-5-4-15-11(17)8-18/h4-5,19H,6-9H2,1-3H3. The van der Waals surface area contributed by atoms with Crippen molar-refractivity contribution in [3.8, 4) is 0 Å². The fraction of sp³-hybridized carbons (Fsp3) is 0.571. The summed E-state index contributed by atoms with van der Waals surface area (Å²) in [6.07, 6.45) is 3.87. The molecule has 0 atom stereocenters. The molecule has 20 heavy (non-hydrogen) atoms. The fourth-order valence-electron chi connectivity index (χ4n) is 2.50. The van der Waals surface area contributed by atoms with E-state index in [1.807, 2.05) is 12.4 Å². The lowest BCUT2D eigenvalue weighted by atomic mass is 9.91. The van der Waals surface area contributed by atoms with E-state index >= 15 is 0 Å². The molecule has 2 aromatic heterocycles. The van der Waals surface area contributed by atoms with Crippen LogP contribution in [0.15, 0.2) is 12.4 Å². The largest absolute Gasteiger partial charge is 0.391 e. The molecule has 1 aliphatic rings. The number of hydrogen-bond donors (Lipinski definition) is 1. The van der Waals surface area contributed by atoms with Crippen molar-refractivity contribution in [2.24, 2.45) is 0 Å². The highest BCUT2D eigenvalue weighted by Gasteiger charge is 2.26. The second-order valence-electron chi connectivity index (χ2n) is 6.13. The second kappa shape index (κ2) is 4.86. The summed E-state index contributed by atoms with van der Waals surface area (Å²) < 4.78 is 2.18. The average Bonchev–Trinajstić information content (AvgIpc) is 3.03. The highest BCUT2D eigenvalue weighted by Crippen LogP contribution is 2.34. The molecule has 0 aromatic carbocycles. The van der Waals surface area contributed by atoms with Gasteiger partial charge < -0.3 is 14.6 Å². The lowest BCUT2D eigenvalue weighted by Gasteiger charge is -2.27. The summed E-state index contributed by atoms with van der Waals surface area (Å²) in [5.41, 5.74) is 0.968. The topological polar surface area (TPSA) is 54.2 Å². The van der Waals surface area contributed by atoms with E-state index in [9.17, 15) is 5.11 Å². The molecule has 0 unspecified atom stereocenters. The van der Waals surface area contributed by atoms with Gasteiger partial charge in [-0.15, -0.1) is 0 Å². The molecule has 2 aromatic rings. The molecule has 0 saturated carbocycles. The fourth-order valence-corrected chi connectivity index (χ4v) is 3.66. The molecule has 3 rings (SSSR count). The van der Waals surface area contributed by atoms with Crippen LogP contribution in [0.3, 0.4) is 0 Å². The summed E-state index contributed by atoms with van der Waals surface area (Å²) in [6.45, 7) is 9.12. The van der Waals surface area contributed by atoms with Crippen molar-refractivity contribution in [1.29, 1.82) is 0 Å². The van der Waals surface area contributed by atoms with Crippen LogP contribution in [0, 0.1) is 0 Å². The minimum absolute atomic E-state index is 0.0406. The number of nitrogens with zero attached hydrogens (tertiary/aromatic N) is 4. The zero-order chi connectivity index (χ0) is 14.3. The Kier molecular flexibility index (Phi) is 3.30. The van der Waals surface area contributed by atoms with E-state index in [-0.39, 0.29) is 12.0 Å². The molecule has 0 spiro atoms.